The number of benzene rings is 1. The minimum Gasteiger partial charge on any atom is -0.399 e. The second kappa shape index (κ2) is 10.7. The molecule has 21 heavy (non-hydrogen) atoms. The molecule has 1 rings (SSSR count). The Kier molecular flexibility index (Phi) is 9.16. The molecule has 0 saturated heterocycles. The Balaban J connectivity index is 2.14. The molecule has 2 N–H and O–H groups in total. The molecule has 0 bridgehead atoms. The summed E-state index contributed by atoms with van der Waals surface area (Å²) < 4.78 is 0. The second-order valence-corrected chi connectivity index (χ2v) is 6.30. The predicted molar refractivity (Wildman–Crippen MR) is 94.5 cm³/mol. The van der Waals surface area contributed by atoms with Gasteiger partial charge in [-0.05, 0) is 44.6 Å². The van der Waals surface area contributed by atoms with Crippen molar-refractivity contribution in [3.05, 3.63) is 29.8 Å². The highest BCUT2D eigenvalue weighted by atomic mass is 15.1. The summed E-state index contributed by atoms with van der Waals surface area (Å²) in [6.45, 7) is 5.71. The standard InChI is InChI=1S/C19H34N2/c1-4-5-6-7-8-9-10-11-15-21(3)17(2)18-13-12-14-19(20)16-18/h12-14,16-17H,4-11,15,20H2,1-3H3. The number of nitrogen functional groups attached to an aromatic ring is 1. The maximum atomic E-state index is 5.87. The first-order chi connectivity index (χ1) is 10.1. The monoisotopic (exact) mass is 290 g/mol. The first kappa shape index (κ1) is 18.0. The molecule has 0 saturated carbocycles. The molecular weight excluding hydrogens is 256 g/mol. The van der Waals surface area contributed by atoms with Crippen LogP contribution in [0, 0.1) is 0 Å². The first-order valence-electron chi connectivity index (χ1n) is 8.70. The molecule has 2 nitrogen and oxygen atoms in total. The van der Waals surface area contributed by atoms with Gasteiger partial charge in [-0.1, -0.05) is 64.0 Å². The van der Waals surface area contributed by atoms with Crippen molar-refractivity contribution in [1.82, 2.24) is 4.90 Å². The molecule has 1 aromatic rings. The van der Waals surface area contributed by atoms with E-state index in [0.717, 1.165) is 5.69 Å². The number of unbranched alkanes of at least 4 members (excludes halogenated alkanes) is 7. The maximum Gasteiger partial charge on any atom is 0.0317 e. The Labute approximate surface area is 131 Å². The minimum atomic E-state index is 0.443. The quantitative estimate of drug-likeness (QED) is 0.436. The molecule has 0 aliphatic carbocycles. The van der Waals surface area contributed by atoms with E-state index < -0.39 is 0 Å². The molecule has 0 aliphatic rings. The van der Waals surface area contributed by atoms with Crippen molar-refractivity contribution in [2.24, 2.45) is 0 Å². The molecule has 1 atom stereocenters. The van der Waals surface area contributed by atoms with Gasteiger partial charge in [0.2, 0.25) is 0 Å². The summed E-state index contributed by atoms with van der Waals surface area (Å²) in [7, 11) is 2.22. The van der Waals surface area contributed by atoms with Gasteiger partial charge in [-0.25, -0.2) is 0 Å². The van der Waals surface area contributed by atoms with E-state index >= 15 is 0 Å². The van der Waals surface area contributed by atoms with Crippen molar-refractivity contribution in [3.8, 4) is 0 Å². The third-order valence-corrected chi connectivity index (χ3v) is 4.42. The van der Waals surface area contributed by atoms with Crippen molar-refractivity contribution >= 4 is 5.69 Å². The number of hydrogen-bond donors (Lipinski definition) is 1. The van der Waals surface area contributed by atoms with Gasteiger partial charge in [0.05, 0.1) is 0 Å². The number of hydrogen-bond acceptors (Lipinski definition) is 2. The van der Waals surface area contributed by atoms with Crippen LogP contribution in [0.3, 0.4) is 0 Å². The van der Waals surface area contributed by atoms with Crippen molar-refractivity contribution in [2.75, 3.05) is 19.3 Å². The molecule has 0 aliphatic heterocycles. The zero-order valence-corrected chi connectivity index (χ0v) is 14.3. The van der Waals surface area contributed by atoms with E-state index in [-0.39, 0.29) is 0 Å². The van der Waals surface area contributed by atoms with E-state index in [4.69, 9.17) is 5.73 Å². The van der Waals surface area contributed by atoms with E-state index in [2.05, 4.69) is 37.9 Å². The molecule has 0 aromatic heterocycles. The van der Waals surface area contributed by atoms with E-state index in [1.165, 1.54) is 63.5 Å². The fraction of sp³-hybridized carbons (Fsp3) is 0.684. The van der Waals surface area contributed by atoms with Crippen LogP contribution >= 0.6 is 0 Å². The summed E-state index contributed by atoms with van der Waals surface area (Å²) in [5, 5.41) is 0. The van der Waals surface area contributed by atoms with Crippen molar-refractivity contribution < 1.29 is 0 Å². The van der Waals surface area contributed by atoms with Crippen molar-refractivity contribution in [1.29, 1.82) is 0 Å². The Bertz CT molecular complexity index is 376. The van der Waals surface area contributed by atoms with Crippen LogP contribution in [0.2, 0.25) is 0 Å². The fourth-order valence-corrected chi connectivity index (χ4v) is 2.76. The Morgan fingerprint density at radius 2 is 1.62 bits per heavy atom. The minimum absolute atomic E-state index is 0.443. The molecule has 120 valence electrons. The predicted octanol–water partition coefficient (Wildman–Crippen LogP) is 5.40. The summed E-state index contributed by atoms with van der Waals surface area (Å²) in [5.74, 6) is 0. The van der Waals surface area contributed by atoms with Gasteiger partial charge < -0.3 is 5.73 Å². The van der Waals surface area contributed by atoms with Crippen LogP contribution in [0.25, 0.3) is 0 Å². The SMILES string of the molecule is CCCCCCCCCCN(C)C(C)c1cccc(N)c1. The van der Waals surface area contributed by atoms with E-state index in [1.54, 1.807) is 0 Å². The fourth-order valence-electron chi connectivity index (χ4n) is 2.76. The third kappa shape index (κ3) is 7.52. The topological polar surface area (TPSA) is 29.3 Å². The Morgan fingerprint density at radius 3 is 2.24 bits per heavy atom. The average molecular weight is 290 g/mol. The second-order valence-electron chi connectivity index (χ2n) is 6.30. The first-order valence-corrected chi connectivity index (χ1v) is 8.70. The lowest BCUT2D eigenvalue weighted by molar-refractivity contribution is 0.255. The summed E-state index contributed by atoms with van der Waals surface area (Å²) in [6, 6.07) is 8.71. The van der Waals surface area contributed by atoms with Crippen LogP contribution < -0.4 is 5.73 Å². The van der Waals surface area contributed by atoms with Crippen LogP contribution in [-0.2, 0) is 0 Å². The zero-order chi connectivity index (χ0) is 15.5. The Hall–Kier alpha value is -1.02. The summed E-state index contributed by atoms with van der Waals surface area (Å²) in [6.07, 6.45) is 11.1. The van der Waals surface area contributed by atoms with Gasteiger partial charge >= 0.3 is 0 Å². The lowest BCUT2D eigenvalue weighted by atomic mass is 10.1. The van der Waals surface area contributed by atoms with Crippen molar-refractivity contribution in [2.45, 2.75) is 71.3 Å². The van der Waals surface area contributed by atoms with Gasteiger partial charge in [0, 0.05) is 11.7 Å². The number of nitrogens with zero attached hydrogens (tertiary/aromatic N) is 1. The van der Waals surface area contributed by atoms with Gasteiger partial charge in [-0.3, -0.25) is 4.90 Å². The maximum absolute atomic E-state index is 5.87. The van der Waals surface area contributed by atoms with Gasteiger partial charge in [0.15, 0.2) is 0 Å². The smallest absolute Gasteiger partial charge is 0.0317 e. The molecule has 0 fully saturated rings. The molecule has 1 aromatic carbocycles. The molecule has 0 heterocycles. The lowest BCUT2D eigenvalue weighted by Gasteiger charge is -2.25. The molecule has 1 unspecified atom stereocenters. The molecule has 0 spiro atoms. The van der Waals surface area contributed by atoms with E-state index in [1.807, 2.05) is 12.1 Å². The highest BCUT2D eigenvalue weighted by Crippen LogP contribution is 2.21. The Morgan fingerprint density at radius 1 is 1.00 bits per heavy atom. The lowest BCUT2D eigenvalue weighted by Crippen LogP contribution is -2.23. The number of nitrogens with two attached hydrogens (primary N) is 1. The van der Waals surface area contributed by atoms with Crippen LogP contribution in [0.15, 0.2) is 24.3 Å². The van der Waals surface area contributed by atoms with Crippen LogP contribution in [-0.4, -0.2) is 18.5 Å². The summed E-state index contributed by atoms with van der Waals surface area (Å²) in [4.78, 5) is 2.44. The number of anilines is 1. The van der Waals surface area contributed by atoms with Crippen LogP contribution in [0.5, 0.6) is 0 Å². The van der Waals surface area contributed by atoms with E-state index in [0.29, 0.717) is 6.04 Å². The molecule has 0 amide bonds. The highest BCUT2D eigenvalue weighted by molar-refractivity contribution is 5.41. The van der Waals surface area contributed by atoms with Gasteiger partial charge in [0.1, 0.15) is 0 Å². The van der Waals surface area contributed by atoms with Gasteiger partial charge in [-0.15, -0.1) is 0 Å². The van der Waals surface area contributed by atoms with Crippen LogP contribution in [0.4, 0.5) is 5.69 Å². The van der Waals surface area contributed by atoms with Crippen LogP contribution in [0.1, 0.15) is 76.8 Å². The summed E-state index contributed by atoms with van der Waals surface area (Å²) in [5.41, 5.74) is 8.05. The van der Waals surface area contributed by atoms with Gasteiger partial charge in [-0.2, -0.15) is 0 Å². The van der Waals surface area contributed by atoms with Crippen molar-refractivity contribution in [3.63, 3.8) is 0 Å². The molecule has 0 radical (unpaired) electrons. The molecular formula is C19H34N2. The zero-order valence-electron chi connectivity index (χ0n) is 14.3. The number of rotatable bonds is 11. The van der Waals surface area contributed by atoms with Gasteiger partial charge in [0.25, 0.3) is 0 Å². The normalized spacial score (nSPS) is 12.8. The molecule has 2 heteroatoms. The average Bonchev–Trinajstić information content (AvgIpc) is 2.49. The highest BCUT2D eigenvalue weighted by Gasteiger charge is 2.11. The third-order valence-electron chi connectivity index (χ3n) is 4.42. The summed E-state index contributed by atoms with van der Waals surface area (Å²) >= 11 is 0. The largest absolute Gasteiger partial charge is 0.399 e. The van der Waals surface area contributed by atoms with E-state index in [9.17, 15) is 0 Å².